The Morgan fingerprint density at radius 3 is 1.06 bits per heavy atom. The van der Waals surface area contributed by atoms with Crippen LogP contribution < -0.4 is 0 Å². The molecule has 0 aromatic carbocycles. The van der Waals surface area contributed by atoms with Crippen molar-refractivity contribution in [3.63, 3.8) is 0 Å². The van der Waals surface area contributed by atoms with Crippen molar-refractivity contribution in [1.82, 2.24) is 0 Å². The molecule has 0 rings (SSSR count). The SMILES string of the molecule is C#CCO.CCC#CCC#CCC#CCBr.CCC#CCC#CCC#CCC#CCO. The van der Waals surface area contributed by atoms with Gasteiger partial charge in [0.2, 0.25) is 0 Å². The van der Waals surface area contributed by atoms with Crippen LogP contribution >= 0.6 is 15.9 Å². The average Bonchev–Trinajstić information content (AvgIpc) is 2.80. The Labute approximate surface area is 198 Å². The van der Waals surface area contributed by atoms with Gasteiger partial charge in [0.05, 0.1) is 37.4 Å². The van der Waals surface area contributed by atoms with Gasteiger partial charge in [0, 0.05) is 12.8 Å². The second kappa shape index (κ2) is 37.6. The van der Waals surface area contributed by atoms with Crippen molar-refractivity contribution in [2.24, 2.45) is 0 Å². The summed E-state index contributed by atoms with van der Waals surface area (Å²) >= 11 is 3.21. The standard InChI is InChI=1S/C14H14O.C11H11Br.C3H4O/c1-2-3-4-5-6-7-8-9-10-11-12-13-14-15;1-2-3-4-5-6-7-8-9-10-11-12;1-2-3-4/h15H,2,5,8,11,14H2,1H3;2,5,8,11H2,1H3;1,4H,3H2. The monoisotopic (exact) mass is 476 g/mol. The van der Waals surface area contributed by atoms with E-state index in [9.17, 15) is 0 Å². The molecule has 0 unspecified atom stereocenters. The molecular weight excluding hydrogens is 448 g/mol. The minimum Gasteiger partial charge on any atom is -0.384 e. The Balaban J connectivity index is -0.000000438. The van der Waals surface area contributed by atoms with Gasteiger partial charge in [0.15, 0.2) is 0 Å². The number of terminal acetylenes is 1. The normalized spacial score (nSPS) is 6.32. The third-order valence-electron chi connectivity index (χ3n) is 2.35. The first-order chi connectivity index (χ1) is 15.2. The van der Waals surface area contributed by atoms with E-state index in [1.54, 1.807) is 0 Å². The summed E-state index contributed by atoms with van der Waals surface area (Å²) in [6, 6.07) is 0. The van der Waals surface area contributed by atoms with Crippen LogP contribution in [0.1, 0.15) is 58.8 Å². The molecule has 0 aliphatic heterocycles. The molecule has 0 radical (unpaired) electrons. The third kappa shape index (κ3) is 46.7. The van der Waals surface area contributed by atoms with Crippen molar-refractivity contribution >= 4 is 15.9 Å². The minimum absolute atomic E-state index is 0.0996. The Kier molecular flexibility index (Phi) is 39.5. The fraction of sp³-hybridized carbons (Fsp3) is 0.429. The molecule has 3 heteroatoms. The van der Waals surface area contributed by atoms with Crippen LogP contribution in [0.2, 0.25) is 0 Å². The molecule has 0 amide bonds. The molecule has 2 nitrogen and oxygen atoms in total. The van der Waals surface area contributed by atoms with Crippen molar-refractivity contribution in [2.75, 3.05) is 18.5 Å². The molecule has 31 heavy (non-hydrogen) atoms. The molecule has 0 atom stereocenters. The Morgan fingerprint density at radius 2 is 0.806 bits per heavy atom. The first-order valence-corrected chi connectivity index (χ1v) is 10.8. The molecule has 0 saturated heterocycles. The van der Waals surface area contributed by atoms with Gasteiger partial charge < -0.3 is 10.2 Å². The topological polar surface area (TPSA) is 40.5 Å². The van der Waals surface area contributed by atoms with Crippen molar-refractivity contribution in [2.45, 2.75) is 58.8 Å². The average molecular weight is 477 g/mol. The lowest BCUT2D eigenvalue weighted by Gasteiger charge is -1.73. The van der Waals surface area contributed by atoms with Crippen LogP contribution in [-0.4, -0.2) is 28.8 Å². The predicted molar refractivity (Wildman–Crippen MR) is 135 cm³/mol. The summed E-state index contributed by atoms with van der Waals surface area (Å²) in [6.45, 7) is 3.79. The highest BCUT2D eigenvalue weighted by molar-refractivity contribution is 9.09. The molecule has 0 aromatic heterocycles. The van der Waals surface area contributed by atoms with Crippen molar-refractivity contribution < 1.29 is 10.2 Å². The first kappa shape index (κ1) is 32.5. The number of aliphatic hydroxyl groups excluding tert-OH is 2. The molecule has 0 heterocycles. The van der Waals surface area contributed by atoms with Gasteiger partial charge in [0.25, 0.3) is 0 Å². The van der Waals surface area contributed by atoms with Crippen LogP contribution in [0.5, 0.6) is 0 Å². The number of hydrogen-bond acceptors (Lipinski definition) is 2. The third-order valence-corrected chi connectivity index (χ3v) is 2.63. The molecule has 0 saturated carbocycles. The van der Waals surface area contributed by atoms with E-state index in [2.05, 4.69) is 105 Å². The highest BCUT2D eigenvalue weighted by atomic mass is 79.9. The van der Waals surface area contributed by atoms with E-state index in [-0.39, 0.29) is 13.2 Å². The van der Waals surface area contributed by atoms with Crippen LogP contribution in [0.3, 0.4) is 0 Å². The lowest BCUT2D eigenvalue weighted by Crippen LogP contribution is -1.70. The van der Waals surface area contributed by atoms with E-state index in [4.69, 9.17) is 10.2 Å². The van der Waals surface area contributed by atoms with Gasteiger partial charge in [-0.25, -0.2) is 0 Å². The molecule has 2 N–H and O–H groups in total. The van der Waals surface area contributed by atoms with Crippen LogP contribution in [0.25, 0.3) is 0 Å². The fourth-order valence-electron chi connectivity index (χ4n) is 1.20. The van der Waals surface area contributed by atoms with E-state index in [0.717, 1.165) is 18.2 Å². The van der Waals surface area contributed by atoms with Gasteiger partial charge >= 0.3 is 0 Å². The molecule has 0 spiro atoms. The molecule has 0 fully saturated rings. The van der Waals surface area contributed by atoms with Crippen molar-refractivity contribution in [1.29, 1.82) is 0 Å². The minimum atomic E-state index is -0.153. The molecular formula is C28H29BrO2. The van der Waals surface area contributed by atoms with Crippen LogP contribution in [-0.2, 0) is 0 Å². The van der Waals surface area contributed by atoms with Crippen LogP contribution in [0.15, 0.2) is 0 Å². The summed E-state index contributed by atoms with van der Waals surface area (Å²) in [4.78, 5) is 0. The molecule has 160 valence electrons. The Morgan fingerprint density at radius 1 is 0.516 bits per heavy atom. The van der Waals surface area contributed by atoms with Gasteiger partial charge in [-0.2, -0.15) is 0 Å². The first-order valence-electron chi connectivity index (χ1n) is 9.66. The van der Waals surface area contributed by atoms with Gasteiger partial charge in [-0.05, 0) is 0 Å². The number of rotatable bonds is 0. The molecule has 0 bridgehead atoms. The van der Waals surface area contributed by atoms with Gasteiger partial charge in [-0.3, -0.25) is 0 Å². The Hall–Kier alpha value is -3.12. The smallest absolute Gasteiger partial charge is 0.104 e. The lowest BCUT2D eigenvalue weighted by atomic mass is 10.3. The van der Waals surface area contributed by atoms with E-state index in [1.807, 2.05) is 19.8 Å². The molecule has 0 aromatic rings. The lowest BCUT2D eigenvalue weighted by molar-refractivity contribution is 0.350. The summed E-state index contributed by atoms with van der Waals surface area (Å²) in [5, 5.41) is 16.7. The quantitative estimate of drug-likeness (QED) is 0.412. The Bertz CT molecular complexity index is 836. The maximum Gasteiger partial charge on any atom is 0.104 e. The maximum atomic E-state index is 8.35. The number of halogens is 1. The fourth-order valence-corrected chi connectivity index (χ4v) is 1.40. The second-order valence-corrected chi connectivity index (χ2v) is 5.28. The number of alkyl halides is 1. The summed E-state index contributed by atoms with van der Waals surface area (Å²) in [6.07, 6.45) is 9.33. The van der Waals surface area contributed by atoms with Crippen LogP contribution in [0, 0.1) is 95.2 Å². The van der Waals surface area contributed by atoms with E-state index >= 15 is 0 Å². The molecule has 0 aliphatic carbocycles. The maximum absolute atomic E-state index is 8.35. The number of hydrogen-bond donors (Lipinski definition) is 2. The zero-order valence-electron chi connectivity index (χ0n) is 18.4. The van der Waals surface area contributed by atoms with E-state index < -0.39 is 0 Å². The summed E-state index contributed by atoms with van der Waals surface area (Å²) < 4.78 is 0. The van der Waals surface area contributed by atoms with Crippen LogP contribution in [0.4, 0.5) is 0 Å². The van der Waals surface area contributed by atoms with E-state index in [0.29, 0.717) is 32.1 Å². The predicted octanol–water partition coefficient (Wildman–Crippen LogP) is 3.77. The highest BCUT2D eigenvalue weighted by Crippen LogP contribution is 1.79. The summed E-state index contributed by atoms with van der Waals surface area (Å²) in [5.41, 5.74) is 0. The van der Waals surface area contributed by atoms with E-state index in [1.165, 1.54) is 0 Å². The summed E-state index contributed by atoms with van der Waals surface area (Å²) in [5.74, 6) is 42.2. The zero-order chi connectivity index (χ0) is 23.7. The zero-order valence-corrected chi connectivity index (χ0v) is 20.0. The largest absolute Gasteiger partial charge is 0.384 e. The van der Waals surface area contributed by atoms with Crippen molar-refractivity contribution in [3.05, 3.63) is 0 Å². The number of aliphatic hydroxyl groups is 2. The van der Waals surface area contributed by atoms with Gasteiger partial charge in [-0.15, -0.1) is 18.3 Å². The van der Waals surface area contributed by atoms with Gasteiger partial charge in [-0.1, -0.05) is 107 Å². The summed E-state index contributed by atoms with van der Waals surface area (Å²) in [7, 11) is 0. The molecule has 0 aliphatic rings. The second-order valence-electron chi connectivity index (χ2n) is 4.72. The van der Waals surface area contributed by atoms with Gasteiger partial charge in [0.1, 0.15) is 13.2 Å². The van der Waals surface area contributed by atoms with Crippen molar-refractivity contribution in [3.8, 4) is 95.2 Å². The highest BCUT2D eigenvalue weighted by Gasteiger charge is 1.70.